The first-order chi connectivity index (χ1) is 8.18. The Balaban J connectivity index is 2.34. The second-order valence-corrected chi connectivity index (χ2v) is 3.86. The minimum Gasteiger partial charge on any atom is -0.454 e. The van der Waals surface area contributed by atoms with Gasteiger partial charge in [-0.15, -0.1) is 0 Å². The van der Waals surface area contributed by atoms with Crippen LogP contribution in [0.25, 0.3) is 0 Å². The molecule has 2 N–H and O–H groups in total. The van der Waals surface area contributed by atoms with Crippen molar-refractivity contribution in [3.8, 4) is 11.5 Å². The van der Waals surface area contributed by atoms with E-state index in [4.69, 9.17) is 10.5 Å². The smallest absolute Gasteiger partial charge is 0.165 e. The Morgan fingerprint density at radius 3 is 2.24 bits per heavy atom. The van der Waals surface area contributed by atoms with Crippen LogP contribution in [0.2, 0.25) is 0 Å². The van der Waals surface area contributed by atoms with Crippen molar-refractivity contribution in [3.05, 3.63) is 59.9 Å². The van der Waals surface area contributed by atoms with Gasteiger partial charge in [0.25, 0.3) is 0 Å². The lowest BCUT2D eigenvalue weighted by atomic mass is 10.1. The van der Waals surface area contributed by atoms with E-state index in [0.29, 0.717) is 5.75 Å². The molecule has 0 fully saturated rings. The van der Waals surface area contributed by atoms with E-state index in [1.807, 2.05) is 25.1 Å². The number of para-hydroxylation sites is 2. The molecule has 2 aromatic carbocycles. The zero-order chi connectivity index (χ0) is 12.3. The molecule has 17 heavy (non-hydrogen) atoms. The van der Waals surface area contributed by atoms with Gasteiger partial charge < -0.3 is 10.5 Å². The number of nitrogens with two attached hydrogens (primary N) is 1. The van der Waals surface area contributed by atoms with Crippen LogP contribution in [-0.4, -0.2) is 0 Å². The fraction of sp³-hybridized carbons (Fsp3) is 0.143. The van der Waals surface area contributed by atoms with Crippen molar-refractivity contribution in [1.29, 1.82) is 0 Å². The van der Waals surface area contributed by atoms with E-state index in [1.165, 1.54) is 6.07 Å². The third kappa shape index (κ3) is 2.63. The summed E-state index contributed by atoms with van der Waals surface area (Å²) in [7, 11) is 0. The molecule has 0 bridgehead atoms. The molecular weight excluding hydrogens is 217 g/mol. The van der Waals surface area contributed by atoms with Crippen molar-refractivity contribution in [2.75, 3.05) is 0 Å². The fourth-order valence-electron chi connectivity index (χ4n) is 1.60. The molecule has 0 spiro atoms. The average Bonchev–Trinajstić information content (AvgIpc) is 2.32. The molecule has 0 heterocycles. The van der Waals surface area contributed by atoms with Gasteiger partial charge >= 0.3 is 0 Å². The highest BCUT2D eigenvalue weighted by atomic mass is 19.1. The summed E-state index contributed by atoms with van der Waals surface area (Å²) in [6.07, 6.45) is 0. The number of benzene rings is 2. The largest absolute Gasteiger partial charge is 0.454 e. The van der Waals surface area contributed by atoms with Gasteiger partial charge in [-0.05, 0) is 25.1 Å². The predicted molar refractivity (Wildman–Crippen MR) is 65.5 cm³/mol. The molecule has 0 aliphatic rings. The van der Waals surface area contributed by atoms with Crippen molar-refractivity contribution >= 4 is 0 Å². The van der Waals surface area contributed by atoms with Gasteiger partial charge in [0.2, 0.25) is 0 Å². The molecule has 88 valence electrons. The molecular formula is C14H14FNO. The number of hydrogen-bond donors (Lipinski definition) is 1. The summed E-state index contributed by atoms with van der Waals surface area (Å²) in [5.41, 5.74) is 6.69. The van der Waals surface area contributed by atoms with Gasteiger partial charge in [0.05, 0.1) is 0 Å². The molecule has 2 rings (SSSR count). The maximum Gasteiger partial charge on any atom is 0.165 e. The highest BCUT2D eigenvalue weighted by Gasteiger charge is 2.09. The Labute approximate surface area is 99.8 Å². The van der Waals surface area contributed by atoms with Gasteiger partial charge in [-0.2, -0.15) is 0 Å². The summed E-state index contributed by atoms with van der Waals surface area (Å²) >= 11 is 0. The first kappa shape index (κ1) is 11.6. The zero-order valence-corrected chi connectivity index (χ0v) is 9.56. The van der Waals surface area contributed by atoms with Gasteiger partial charge in [0.1, 0.15) is 5.75 Å². The second kappa shape index (κ2) is 4.97. The van der Waals surface area contributed by atoms with Gasteiger partial charge in [-0.3, -0.25) is 0 Å². The summed E-state index contributed by atoms with van der Waals surface area (Å²) in [5.74, 6) is 0.417. The van der Waals surface area contributed by atoms with Crippen LogP contribution in [0.3, 0.4) is 0 Å². The van der Waals surface area contributed by atoms with E-state index in [1.54, 1.807) is 24.3 Å². The monoisotopic (exact) mass is 231 g/mol. The molecule has 0 saturated heterocycles. The van der Waals surface area contributed by atoms with Gasteiger partial charge in [-0.1, -0.05) is 30.3 Å². The summed E-state index contributed by atoms with van der Waals surface area (Å²) in [6.45, 7) is 1.86. The Hall–Kier alpha value is -1.87. The van der Waals surface area contributed by atoms with Crippen LogP contribution in [0, 0.1) is 5.82 Å². The SMILES string of the molecule is CC(N)c1ccccc1Oc1ccccc1F. The minimum absolute atomic E-state index is 0.155. The third-order valence-electron chi connectivity index (χ3n) is 2.47. The lowest BCUT2D eigenvalue weighted by Crippen LogP contribution is -2.06. The van der Waals surface area contributed by atoms with Gasteiger partial charge in [-0.25, -0.2) is 4.39 Å². The van der Waals surface area contributed by atoms with Crippen molar-refractivity contribution in [2.24, 2.45) is 5.73 Å². The average molecular weight is 231 g/mol. The Morgan fingerprint density at radius 2 is 1.59 bits per heavy atom. The lowest BCUT2D eigenvalue weighted by molar-refractivity contribution is 0.435. The molecule has 0 radical (unpaired) electrons. The molecule has 0 amide bonds. The summed E-state index contributed by atoms with van der Waals surface area (Å²) in [6, 6.07) is 13.5. The molecule has 2 aromatic rings. The van der Waals surface area contributed by atoms with Crippen LogP contribution in [0.5, 0.6) is 11.5 Å². The second-order valence-electron chi connectivity index (χ2n) is 3.86. The minimum atomic E-state index is -0.382. The van der Waals surface area contributed by atoms with Crippen LogP contribution in [-0.2, 0) is 0 Å². The van der Waals surface area contributed by atoms with E-state index < -0.39 is 0 Å². The third-order valence-corrected chi connectivity index (χ3v) is 2.47. The Morgan fingerprint density at radius 1 is 1.00 bits per heavy atom. The van der Waals surface area contributed by atoms with Crippen LogP contribution in [0.15, 0.2) is 48.5 Å². The number of ether oxygens (including phenoxy) is 1. The normalized spacial score (nSPS) is 12.2. The van der Waals surface area contributed by atoms with E-state index in [0.717, 1.165) is 5.56 Å². The topological polar surface area (TPSA) is 35.2 Å². The van der Waals surface area contributed by atoms with Crippen LogP contribution in [0.1, 0.15) is 18.5 Å². The number of halogens is 1. The molecule has 1 atom stereocenters. The zero-order valence-electron chi connectivity index (χ0n) is 9.56. The van der Waals surface area contributed by atoms with Gasteiger partial charge in [0.15, 0.2) is 11.6 Å². The Kier molecular flexibility index (Phi) is 3.40. The molecule has 1 unspecified atom stereocenters. The Bertz CT molecular complexity index is 511. The maximum atomic E-state index is 13.5. The summed E-state index contributed by atoms with van der Waals surface area (Å²) in [4.78, 5) is 0. The fourth-order valence-corrected chi connectivity index (χ4v) is 1.60. The van der Waals surface area contributed by atoms with Crippen molar-refractivity contribution in [1.82, 2.24) is 0 Å². The predicted octanol–water partition coefficient (Wildman–Crippen LogP) is 3.64. The van der Waals surface area contributed by atoms with Gasteiger partial charge in [0, 0.05) is 11.6 Å². The molecule has 0 aromatic heterocycles. The lowest BCUT2D eigenvalue weighted by Gasteiger charge is -2.13. The standard InChI is InChI=1S/C14H14FNO/c1-10(16)11-6-2-4-8-13(11)17-14-9-5-3-7-12(14)15/h2-10H,16H2,1H3. The van der Waals surface area contributed by atoms with Crippen molar-refractivity contribution < 1.29 is 9.13 Å². The molecule has 0 aliphatic heterocycles. The summed E-state index contributed by atoms with van der Waals surface area (Å²) in [5, 5.41) is 0. The van der Waals surface area contributed by atoms with Crippen molar-refractivity contribution in [2.45, 2.75) is 13.0 Å². The number of rotatable bonds is 3. The highest BCUT2D eigenvalue weighted by Crippen LogP contribution is 2.29. The quantitative estimate of drug-likeness (QED) is 0.875. The summed E-state index contributed by atoms with van der Waals surface area (Å²) < 4.78 is 19.0. The van der Waals surface area contributed by atoms with Crippen LogP contribution < -0.4 is 10.5 Å². The van der Waals surface area contributed by atoms with E-state index >= 15 is 0 Å². The van der Waals surface area contributed by atoms with Crippen LogP contribution in [0.4, 0.5) is 4.39 Å². The first-order valence-corrected chi connectivity index (χ1v) is 5.45. The maximum absolute atomic E-state index is 13.5. The van der Waals surface area contributed by atoms with E-state index in [2.05, 4.69) is 0 Å². The number of hydrogen-bond acceptors (Lipinski definition) is 2. The molecule has 3 heteroatoms. The first-order valence-electron chi connectivity index (χ1n) is 5.45. The van der Waals surface area contributed by atoms with Crippen LogP contribution >= 0.6 is 0 Å². The van der Waals surface area contributed by atoms with E-state index in [-0.39, 0.29) is 17.6 Å². The van der Waals surface area contributed by atoms with Crippen molar-refractivity contribution in [3.63, 3.8) is 0 Å². The molecule has 2 nitrogen and oxygen atoms in total. The molecule has 0 aliphatic carbocycles. The highest BCUT2D eigenvalue weighted by molar-refractivity contribution is 5.39. The molecule has 0 saturated carbocycles. The van der Waals surface area contributed by atoms with E-state index in [9.17, 15) is 4.39 Å².